The molecule has 0 unspecified atom stereocenters. The van der Waals surface area contributed by atoms with Crippen molar-refractivity contribution in [3.8, 4) is 0 Å². The van der Waals surface area contributed by atoms with Gasteiger partial charge in [-0.15, -0.1) is 24.0 Å². The summed E-state index contributed by atoms with van der Waals surface area (Å²) in [6, 6.07) is 15.8. The molecule has 28 heavy (non-hydrogen) atoms. The van der Waals surface area contributed by atoms with Crippen molar-refractivity contribution < 1.29 is 4.79 Å². The largest absolute Gasteiger partial charge is 0.370 e. The number of nitrogens with zero attached hydrogens (tertiary/aromatic N) is 1. The van der Waals surface area contributed by atoms with Crippen LogP contribution < -0.4 is 16.4 Å². The Labute approximate surface area is 184 Å². The van der Waals surface area contributed by atoms with Crippen LogP contribution in [0.4, 0.5) is 11.4 Å². The van der Waals surface area contributed by atoms with Crippen molar-refractivity contribution in [1.82, 2.24) is 0 Å². The molecule has 1 amide bonds. The molecular weight excluding hydrogens is 463 g/mol. The average molecular weight is 492 g/mol. The summed E-state index contributed by atoms with van der Waals surface area (Å²) in [4.78, 5) is 16.8. The first-order valence-corrected chi connectivity index (χ1v) is 9.63. The summed E-state index contributed by atoms with van der Waals surface area (Å²) in [6.45, 7) is 2.49. The second-order valence-corrected chi connectivity index (χ2v) is 7.22. The van der Waals surface area contributed by atoms with E-state index < -0.39 is 0 Å². The van der Waals surface area contributed by atoms with E-state index in [-0.39, 0.29) is 35.8 Å². The molecular formula is C22H29IN4O. The van der Waals surface area contributed by atoms with Crippen molar-refractivity contribution in [2.24, 2.45) is 16.6 Å². The van der Waals surface area contributed by atoms with Gasteiger partial charge in [-0.1, -0.05) is 43.5 Å². The molecule has 0 bridgehead atoms. The number of hydrogen-bond donors (Lipinski definition) is 3. The third-order valence-corrected chi connectivity index (χ3v) is 4.89. The molecule has 0 atom stereocenters. The molecule has 3 rings (SSSR count). The zero-order valence-corrected chi connectivity index (χ0v) is 18.6. The third kappa shape index (κ3) is 6.82. The van der Waals surface area contributed by atoms with E-state index in [0.717, 1.165) is 48.2 Å². The van der Waals surface area contributed by atoms with E-state index in [4.69, 9.17) is 5.73 Å². The number of carbonyl (C=O) groups is 1. The van der Waals surface area contributed by atoms with Gasteiger partial charge in [0.25, 0.3) is 0 Å². The highest BCUT2D eigenvalue weighted by Crippen LogP contribution is 2.25. The van der Waals surface area contributed by atoms with Gasteiger partial charge in [0.05, 0.1) is 6.54 Å². The SMILES string of the molecule is Cc1cccc(NC(N)=NCc2cccc(NC(=O)C3CCCCC3)c2)c1.I. The van der Waals surface area contributed by atoms with Crippen molar-refractivity contribution in [2.45, 2.75) is 45.6 Å². The highest BCUT2D eigenvalue weighted by atomic mass is 127. The number of amides is 1. The monoisotopic (exact) mass is 492 g/mol. The molecule has 0 aliphatic heterocycles. The van der Waals surface area contributed by atoms with Crippen LogP contribution in [0.5, 0.6) is 0 Å². The Kier molecular flexibility index (Phi) is 8.76. The fraction of sp³-hybridized carbons (Fsp3) is 0.364. The second kappa shape index (κ2) is 11.0. The molecule has 0 spiro atoms. The molecule has 1 saturated carbocycles. The maximum Gasteiger partial charge on any atom is 0.227 e. The Morgan fingerprint density at radius 1 is 1.04 bits per heavy atom. The lowest BCUT2D eigenvalue weighted by Gasteiger charge is -2.20. The van der Waals surface area contributed by atoms with Gasteiger partial charge in [-0.25, -0.2) is 4.99 Å². The van der Waals surface area contributed by atoms with Crippen LogP contribution in [-0.4, -0.2) is 11.9 Å². The van der Waals surface area contributed by atoms with Crippen LogP contribution in [0.15, 0.2) is 53.5 Å². The van der Waals surface area contributed by atoms with E-state index in [9.17, 15) is 4.79 Å². The van der Waals surface area contributed by atoms with Crippen LogP contribution in [0.2, 0.25) is 0 Å². The highest BCUT2D eigenvalue weighted by molar-refractivity contribution is 14.0. The first-order valence-electron chi connectivity index (χ1n) is 9.63. The maximum absolute atomic E-state index is 12.4. The number of nitrogens with one attached hydrogen (secondary N) is 2. The van der Waals surface area contributed by atoms with Gasteiger partial charge in [0.15, 0.2) is 5.96 Å². The molecule has 150 valence electrons. The molecule has 2 aromatic rings. The number of guanidine groups is 1. The summed E-state index contributed by atoms with van der Waals surface area (Å²) in [5, 5.41) is 6.15. The standard InChI is InChI=1S/C22H28N4O.HI/c1-16-7-5-11-19(13-16)26-22(23)24-15-17-8-6-12-20(14-17)25-21(27)18-9-3-2-4-10-18;/h5-8,11-14,18H,2-4,9-10,15H2,1H3,(H,25,27)(H3,23,24,26);1H. The van der Waals surface area contributed by atoms with Gasteiger partial charge in [0, 0.05) is 17.3 Å². The summed E-state index contributed by atoms with van der Waals surface area (Å²) in [7, 11) is 0. The fourth-order valence-corrected chi connectivity index (χ4v) is 3.44. The van der Waals surface area contributed by atoms with Crippen LogP contribution in [0.25, 0.3) is 0 Å². The minimum absolute atomic E-state index is 0. The van der Waals surface area contributed by atoms with Gasteiger partial charge >= 0.3 is 0 Å². The van der Waals surface area contributed by atoms with Crippen molar-refractivity contribution in [1.29, 1.82) is 0 Å². The number of aryl methyl sites for hydroxylation is 1. The van der Waals surface area contributed by atoms with E-state index in [0.29, 0.717) is 12.5 Å². The molecule has 1 aliphatic carbocycles. The van der Waals surface area contributed by atoms with Crippen molar-refractivity contribution in [3.63, 3.8) is 0 Å². The summed E-state index contributed by atoms with van der Waals surface area (Å²) in [5.41, 5.74) is 9.90. The number of halogens is 1. The minimum Gasteiger partial charge on any atom is -0.370 e. The summed E-state index contributed by atoms with van der Waals surface area (Å²) in [6.07, 6.45) is 5.54. The average Bonchev–Trinajstić information content (AvgIpc) is 2.67. The van der Waals surface area contributed by atoms with E-state index in [1.807, 2.05) is 55.5 Å². The van der Waals surface area contributed by atoms with Gasteiger partial charge in [-0.2, -0.15) is 0 Å². The molecule has 1 aliphatic rings. The van der Waals surface area contributed by atoms with E-state index in [1.165, 1.54) is 6.42 Å². The summed E-state index contributed by atoms with van der Waals surface area (Å²) in [5.74, 6) is 0.655. The van der Waals surface area contributed by atoms with Gasteiger partial charge in [0.1, 0.15) is 0 Å². The molecule has 1 fully saturated rings. The molecule has 0 aromatic heterocycles. The lowest BCUT2D eigenvalue weighted by atomic mass is 9.88. The predicted molar refractivity (Wildman–Crippen MR) is 127 cm³/mol. The lowest BCUT2D eigenvalue weighted by Crippen LogP contribution is -2.24. The number of nitrogens with two attached hydrogens (primary N) is 1. The second-order valence-electron chi connectivity index (χ2n) is 7.22. The van der Waals surface area contributed by atoms with Crippen LogP contribution in [-0.2, 0) is 11.3 Å². The quantitative estimate of drug-likeness (QED) is 0.310. The molecule has 5 nitrogen and oxygen atoms in total. The number of carbonyl (C=O) groups excluding carboxylic acids is 1. The van der Waals surface area contributed by atoms with Crippen molar-refractivity contribution >= 4 is 47.2 Å². The van der Waals surface area contributed by atoms with Crippen molar-refractivity contribution in [3.05, 3.63) is 59.7 Å². The third-order valence-electron chi connectivity index (χ3n) is 4.89. The number of benzene rings is 2. The normalized spacial score (nSPS) is 14.8. The van der Waals surface area contributed by atoms with Crippen LogP contribution in [0.1, 0.15) is 43.2 Å². The Balaban J connectivity index is 0.00000280. The van der Waals surface area contributed by atoms with Gasteiger partial charge in [-0.05, 0) is 55.2 Å². The van der Waals surface area contributed by atoms with E-state index in [2.05, 4.69) is 15.6 Å². The highest BCUT2D eigenvalue weighted by Gasteiger charge is 2.20. The topological polar surface area (TPSA) is 79.5 Å². The molecule has 0 heterocycles. The molecule has 0 radical (unpaired) electrons. The van der Waals surface area contributed by atoms with Crippen molar-refractivity contribution in [2.75, 3.05) is 10.6 Å². The lowest BCUT2D eigenvalue weighted by molar-refractivity contribution is -0.120. The first kappa shape index (κ1) is 22.2. The molecule has 6 heteroatoms. The zero-order valence-electron chi connectivity index (χ0n) is 16.3. The van der Waals surface area contributed by atoms with Crippen LogP contribution in [0.3, 0.4) is 0 Å². The Morgan fingerprint density at radius 3 is 2.43 bits per heavy atom. The number of rotatable bonds is 5. The van der Waals surface area contributed by atoms with E-state index in [1.54, 1.807) is 0 Å². The molecule has 0 saturated heterocycles. The molecule has 4 N–H and O–H groups in total. The minimum atomic E-state index is 0. The number of anilines is 2. The summed E-state index contributed by atoms with van der Waals surface area (Å²) < 4.78 is 0. The predicted octanol–water partition coefficient (Wildman–Crippen LogP) is 5.06. The number of aliphatic imine (C=N–C) groups is 1. The van der Waals surface area contributed by atoms with Gasteiger partial charge < -0.3 is 16.4 Å². The van der Waals surface area contributed by atoms with Gasteiger partial charge in [0.2, 0.25) is 5.91 Å². The first-order chi connectivity index (χ1) is 13.1. The molecule has 2 aromatic carbocycles. The smallest absolute Gasteiger partial charge is 0.227 e. The Bertz CT molecular complexity index is 816. The van der Waals surface area contributed by atoms with Gasteiger partial charge in [-0.3, -0.25) is 4.79 Å². The zero-order chi connectivity index (χ0) is 19.1. The van der Waals surface area contributed by atoms with E-state index >= 15 is 0 Å². The summed E-state index contributed by atoms with van der Waals surface area (Å²) >= 11 is 0. The Morgan fingerprint density at radius 2 is 1.71 bits per heavy atom. The maximum atomic E-state index is 12.4. The Hall–Kier alpha value is -2.09. The number of hydrogen-bond acceptors (Lipinski definition) is 2. The fourth-order valence-electron chi connectivity index (χ4n) is 3.44. The van der Waals surface area contributed by atoms with Crippen LogP contribution >= 0.6 is 24.0 Å². The van der Waals surface area contributed by atoms with Crippen LogP contribution in [0, 0.1) is 12.8 Å².